The number of halogens is 4. The maximum absolute atomic E-state index is 14.1. The summed E-state index contributed by atoms with van der Waals surface area (Å²) in [5, 5.41) is 0. The van der Waals surface area contributed by atoms with Crippen molar-refractivity contribution in [2.45, 2.75) is 39.3 Å². The molecule has 6 heteroatoms. The third kappa shape index (κ3) is 3.45. The first kappa shape index (κ1) is 18.1. The van der Waals surface area contributed by atoms with Crippen LogP contribution in [0.4, 0.5) is 17.6 Å². The van der Waals surface area contributed by atoms with E-state index in [0.717, 1.165) is 0 Å². The molecule has 128 valence electrons. The Balaban J connectivity index is 2.75. The molecule has 0 aliphatic carbocycles. The number of ether oxygens (including phenoxy) is 1. The van der Waals surface area contributed by atoms with Gasteiger partial charge in [0.05, 0.1) is 18.4 Å². The summed E-state index contributed by atoms with van der Waals surface area (Å²) in [7, 11) is 1.38. The Morgan fingerprint density at radius 2 is 1.88 bits per heavy atom. The van der Waals surface area contributed by atoms with Crippen molar-refractivity contribution < 1.29 is 22.3 Å². The van der Waals surface area contributed by atoms with Crippen molar-refractivity contribution in [3.8, 4) is 5.75 Å². The van der Waals surface area contributed by atoms with Crippen LogP contribution in [0.2, 0.25) is 0 Å². The first-order chi connectivity index (χ1) is 11.2. The number of allylic oxidation sites excluding steroid dienone is 2. The standard InChI is InChI=1S/C18H17F4NO/c1-5-15-11(6-7-17(23-15)18(20,21)22)13-8-12(10(2)3)14(19)9-16(13)24-4/h8-10H,5H2,1-4H3. The zero-order valence-electron chi connectivity index (χ0n) is 13.8. The molecule has 0 fully saturated rings. The summed E-state index contributed by atoms with van der Waals surface area (Å²) in [6.07, 6.45) is -4.32. The Morgan fingerprint density at radius 1 is 1.21 bits per heavy atom. The first-order valence-electron chi connectivity index (χ1n) is 7.47. The van der Waals surface area contributed by atoms with Crippen molar-refractivity contribution in [3.63, 3.8) is 0 Å². The minimum atomic E-state index is -4.59. The van der Waals surface area contributed by atoms with Gasteiger partial charge in [-0.15, -0.1) is 0 Å². The van der Waals surface area contributed by atoms with E-state index in [9.17, 15) is 17.6 Å². The van der Waals surface area contributed by atoms with Crippen molar-refractivity contribution in [2.24, 2.45) is 4.99 Å². The molecule has 1 heterocycles. The predicted octanol–water partition coefficient (Wildman–Crippen LogP) is 5.41. The van der Waals surface area contributed by atoms with Crippen LogP contribution in [0.3, 0.4) is 0 Å². The number of hydrogen-bond donors (Lipinski definition) is 0. The van der Waals surface area contributed by atoms with Gasteiger partial charge in [-0.2, -0.15) is 13.2 Å². The van der Waals surface area contributed by atoms with Crippen LogP contribution < -0.4 is 4.74 Å². The van der Waals surface area contributed by atoms with E-state index >= 15 is 0 Å². The summed E-state index contributed by atoms with van der Waals surface area (Å²) in [4.78, 5) is 3.65. The number of aliphatic imine (C=N–C) groups is 1. The second-order valence-corrected chi connectivity index (χ2v) is 5.61. The molecule has 0 atom stereocenters. The molecule has 0 aromatic heterocycles. The van der Waals surface area contributed by atoms with Gasteiger partial charge in [0, 0.05) is 11.6 Å². The topological polar surface area (TPSA) is 21.6 Å². The van der Waals surface area contributed by atoms with Gasteiger partial charge in [-0.3, -0.25) is 0 Å². The van der Waals surface area contributed by atoms with Gasteiger partial charge in [0.25, 0.3) is 0 Å². The lowest BCUT2D eigenvalue weighted by atomic mass is 9.93. The normalized spacial score (nSPS) is 14.5. The SMILES string of the molecule is CCC1=NC(C(F)(F)F)=C=C=C1c1cc(C(C)C)c(F)cc1OC. The summed E-state index contributed by atoms with van der Waals surface area (Å²) in [6.45, 7) is 5.35. The molecule has 0 radical (unpaired) electrons. The van der Waals surface area contributed by atoms with Crippen LogP contribution in [0.25, 0.3) is 5.57 Å². The largest absolute Gasteiger partial charge is 0.496 e. The maximum Gasteiger partial charge on any atom is 0.441 e. The smallest absolute Gasteiger partial charge is 0.441 e. The van der Waals surface area contributed by atoms with Crippen molar-refractivity contribution in [2.75, 3.05) is 7.11 Å². The lowest BCUT2D eigenvalue weighted by Crippen LogP contribution is -2.14. The van der Waals surface area contributed by atoms with Gasteiger partial charge in [0.2, 0.25) is 0 Å². The highest BCUT2D eigenvalue weighted by Crippen LogP contribution is 2.35. The molecule has 0 spiro atoms. The predicted molar refractivity (Wildman–Crippen MR) is 84.8 cm³/mol. The minimum Gasteiger partial charge on any atom is -0.496 e. The van der Waals surface area contributed by atoms with Gasteiger partial charge in [-0.25, -0.2) is 9.38 Å². The Hall–Kier alpha value is -2.29. The molecular formula is C18H17F4NO. The first-order valence-corrected chi connectivity index (χ1v) is 7.47. The number of benzene rings is 1. The number of rotatable bonds is 4. The molecule has 0 amide bonds. The van der Waals surface area contributed by atoms with E-state index in [0.29, 0.717) is 16.7 Å². The van der Waals surface area contributed by atoms with Gasteiger partial charge in [-0.05, 0) is 29.7 Å². The van der Waals surface area contributed by atoms with E-state index in [-0.39, 0.29) is 23.8 Å². The van der Waals surface area contributed by atoms with Crippen LogP contribution in [0.15, 0.2) is 34.3 Å². The number of hydrogen-bond acceptors (Lipinski definition) is 2. The lowest BCUT2D eigenvalue weighted by molar-refractivity contribution is -0.0921. The second kappa shape index (κ2) is 6.68. The molecule has 2 rings (SSSR count). The quantitative estimate of drug-likeness (QED) is 0.531. The molecule has 0 saturated carbocycles. The van der Waals surface area contributed by atoms with Crippen molar-refractivity contribution >= 4 is 11.3 Å². The van der Waals surface area contributed by atoms with E-state index in [1.165, 1.54) is 13.2 Å². The summed E-state index contributed by atoms with van der Waals surface area (Å²) in [6, 6.07) is 2.81. The van der Waals surface area contributed by atoms with Crippen LogP contribution in [-0.2, 0) is 0 Å². The fraction of sp³-hybridized carbons (Fsp3) is 0.389. The summed E-state index contributed by atoms with van der Waals surface area (Å²) < 4.78 is 57.8. The van der Waals surface area contributed by atoms with Gasteiger partial charge >= 0.3 is 6.18 Å². The molecular weight excluding hydrogens is 322 g/mol. The summed E-state index contributed by atoms with van der Waals surface area (Å²) in [5.41, 5.74) is 4.91. The third-order valence-corrected chi connectivity index (χ3v) is 3.65. The Morgan fingerprint density at radius 3 is 2.38 bits per heavy atom. The fourth-order valence-electron chi connectivity index (χ4n) is 2.40. The summed E-state index contributed by atoms with van der Waals surface area (Å²) >= 11 is 0. The molecule has 1 aromatic carbocycles. The molecule has 0 bridgehead atoms. The highest BCUT2D eigenvalue weighted by molar-refractivity contribution is 6.25. The molecule has 2 nitrogen and oxygen atoms in total. The number of nitrogens with zero attached hydrogens (tertiary/aromatic N) is 1. The highest BCUT2D eigenvalue weighted by Gasteiger charge is 2.35. The zero-order chi connectivity index (χ0) is 18.1. The van der Waals surface area contributed by atoms with Crippen LogP contribution in [0.1, 0.15) is 44.2 Å². The molecule has 1 aromatic rings. The number of methoxy groups -OCH3 is 1. The van der Waals surface area contributed by atoms with Crippen LogP contribution in [0, 0.1) is 5.82 Å². The van der Waals surface area contributed by atoms with Gasteiger partial charge in [0.15, 0.2) is 5.70 Å². The van der Waals surface area contributed by atoms with Gasteiger partial charge < -0.3 is 4.74 Å². The molecule has 1 aliphatic heterocycles. The molecule has 0 saturated heterocycles. The molecule has 1 aliphatic rings. The van der Waals surface area contributed by atoms with Crippen LogP contribution >= 0.6 is 0 Å². The Labute approximate surface area is 137 Å². The average Bonchev–Trinajstić information content (AvgIpc) is 2.52. The highest BCUT2D eigenvalue weighted by atomic mass is 19.4. The van der Waals surface area contributed by atoms with E-state index < -0.39 is 17.7 Å². The molecule has 0 unspecified atom stereocenters. The monoisotopic (exact) mass is 339 g/mol. The Bertz CT molecular complexity index is 790. The van der Waals surface area contributed by atoms with Gasteiger partial charge in [0.1, 0.15) is 11.6 Å². The van der Waals surface area contributed by atoms with Crippen molar-refractivity contribution in [1.29, 1.82) is 0 Å². The maximum atomic E-state index is 14.1. The van der Waals surface area contributed by atoms with E-state index in [4.69, 9.17) is 4.74 Å². The van der Waals surface area contributed by atoms with Crippen molar-refractivity contribution in [3.05, 3.63) is 46.2 Å². The van der Waals surface area contributed by atoms with Crippen LogP contribution in [-0.4, -0.2) is 19.0 Å². The summed E-state index contributed by atoms with van der Waals surface area (Å²) in [5.74, 6) is -0.295. The second-order valence-electron chi connectivity index (χ2n) is 5.61. The van der Waals surface area contributed by atoms with Crippen molar-refractivity contribution in [1.82, 2.24) is 0 Å². The Kier molecular flexibility index (Phi) is 5.02. The number of alkyl halides is 3. The van der Waals surface area contributed by atoms with Crippen LogP contribution in [0.5, 0.6) is 5.75 Å². The minimum absolute atomic E-state index is 0.0916. The van der Waals surface area contributed by atoms with Gasteiger partial charge in [-0.1, -0.05) is 26.5 Å². The average molecular weight is 339 g/mol. The van der Waals surface area contributed by atoms with E-state index in [2.05, 4.69) is 16.5 Å². The molecule has 24 heavy (non-hydrogen) atoms. The fourth-order valence-corrected chi connectivity index (χ4v) is 2.40. The van der Waals surface area contributed by atoms with E-state index in [1.54, 1.807) is 13.0 Å². The van der Waals surface area contributed by atoms with E-state index in [1.807, 2.05) is 13.8 Å². The zero-order valence-corrected chi connectivity index (χ0v) is 13.8. The lowest BCUT2D eigenvalue weighted by Gasteiger charge is -2.17. The third-order valence-electron chi connectivity index (χ3n) is 3.65. The molecule has 0 N–H and O–H groups in total.